The van der Waals surface area contributed by atoms with Gasteiger partial charge in [0.15, 0.2) is 0 Å². The third-order valence-electron chi connectivity index (χ3n) is 2.00. The Morgan fingerprint density at radius 3 is 3.07 bits per heavy atom. The van der Waals surface area contributed by atoms with Crippen molar-refractivity contribution in [2.24, 2.45) is 0 Å². The van der Waals surface area contributed by atoms with Crippen LogP contribution in [0.1, 0.15) is 24.6 Å². The van der Waals surface area contributed by atoms with E-state index in [1.54, 1.807) is 11.3 Å². The largest absolute Gasteiger partial charge is 0.481 e. The molecule has 0 bridgehead atoms. The molecule has 0 saturated heterocycles. The first-order valence-electron chi connectivity index (χ1n) is 4.66. The van der Waals surface area contributed by atoms with Crippen molar-refractivity contribution in [2.45, 2.75) is 32.4 Å². The Morgan fingerprint density at radius 2 is 2.50 bits per heavy atom. The Labute approximate surface area is 87.8 Å². The Bertz CT molecular complexity index is 272. The van der Waals surface area contributed by atoms with Crippen LogP contribution in [0.4, 0.5) is 0 Å². The molecule has 0 amide bonds. The minimum Gasteiger partial charge on any atom is -0.481 e. The summed E-state index contributed by atoms with van der Waals surface area (Å²) in [5.74, 6) is -0.727. The van der Waals surface area contributed by atoms with Crippen molar-refractivity contribution in [2.75, 3.05) is 0 Å². The van der Waals surface area contributed by atoms with Gasteiger partial charge in [0.25, 0.3) is 0 Å². The van der Waals surface area contributed by atoms with Crippen molar-refractivity contribution in [3.05, 3.63) is 22.4 Å². The SMILES string of the molecule is CC(CCC(=O)O)NCc1cccs1. The molecule has 1 heterocycles. The first kappa shape index (κ1) is 11.2. The van der Waals surface area contributed by atoms with Crippen LogP contribution in [0.15, 0.2) is 17.5 Å². The predicted octanol–water partition coefficient (Wildman–Crippen LogP) is 2.09. The van der Waals surface area contributed by atoms with E-state index in [9.17, 15) is 4.79 Å². The molecule has 0 spiro atoms. The second-order valence-corrected chi connectivity index (χ2v) is 4.33. The molecule has 78 valence electrons. The monoisotopic (exact) mass is 213 g/mol. The van der Waals surface area contributed by atoms with E-state index in [1.807, 2.05) is 18.4 Å². The maximum absolute atomic E-state index is 10.3. The zero-order chi connectivity index (χ0) is 10.4. The quantitative estimate of drug-likeness (QED) is 0.760. The molecule has 3 nitrogen and oxygen atoms in total. The van der Waals surface area contributed by atoms with Gasteiger partial charge in [-0.05, 0) is 24.8 Å². The Balaban J connectivity index is 2.15. The van der Waals surface area contributed by atoms with Gasteiger partial charge >= 0.3 is 5.97 Å². The zero-order valence-electron chi connectivity index (χ0n) is 8.19. The van der Waals surface area contributed by atoms with Gasteiger partial charge in [-0.2, -0.15) is 0 Å². The van der Waals surface area contributed by atoms with Crippen molar-refractivity contribution in [3.63, 3.8) is 0 Å². The topological polar surface area (TPSA) is 49.3 Å². The minimum atomic E-state index is -0.727. The molecule has 1 unspecified atom stereocenters. The van der Waals surface area contributed by atoms with Crippen LogP contribution < -0.4 is 5.32 Å². The van der Waals surface area contributed by atoms with Gasteiger partial charge in [-0.1, -0.05) is 6.07 Å². The average Bonchev–Trinajstić information content (AvgIpc) is 2.63. The predicted molar refractivity (Wildman–Crippen MR) is 57.5 cm³/mol. The fourth-order valence-electron chi connectivity index (χ4n) is 1.13. The van der Waals surface area contributed by atoms with Gasteiger partial charge in [0.2, 0.25) is 0 Å². The molecule has 0 aliphatic rings. The van der Waals surface area contributed by atoms with Crippen LogP contribution in [0.2, 0.25) is 0 Å². The molecular weight excluding hydrogens is 198 g/mol. The van der Waals surface area contributed by atoms with Gasteiger partial charge in [-0.25, -0.2) is 0 Å². The highest BCUT2D eigenvalue weighted by atomic mass is 32.1. The summed E-state index contributed by atoms with van der Waals surface area (Å²) in [6.07, 6.45) is 0.916. The Kier molecular flexibility index (Phi) is 4.62. The van der Waals surface area contributed by atoms with Gasteiger partial charge in [0.1, 0.15) is 0 Å². The molecule has 0 aliphatic heterocycles. The van der Waals surface area contributed by atoms with Gasteiger partial charge in [-0.3, -0.25) is 4.79 Å². The molecule has 1 rings (SSSR count). The fourth-order valence-corrected chi connectivity index (χ4v) is 1.79. The minimum absolute atomic E-state index is 0.235. The second kappa shape index (κ2) is 5.78. The number of carboxylic acid groups (broad SMARTS) is 1. The maximum atomic E-state index is 10.3. The van der Waals surface area contributed by atoms with E-state index >= 15 is 0 Å². The molecule has 1 aromatic heterocycles. The highest BCUT2D eigenvalue weighted by Gasteiger charge is 2.04. The van der Waals surface area contributed by atoms with Crippen molar-refractivity contribution in [3.8, 4) is 0 Å². The van der Waals surface area contributed by atoms with Crippen LogP contribution in [0.25, 0.3) is 0 Å². The van der Waals surface area contributed by atoms with Crippen molar-refractivity contribution in [1.29, 1.82) is 0 Å². The lowest BCUT2D eigenvalue weighted by Gasteiger charge is -2.11. The van der Waals surface area contributed by atoms with E-state index < -0.39 is 5.97 Å². The number of hydrogen-bond donors (Lipinski definition) is 2. The first-order valence-corrected chi connectivity index (χ1v) is 5.54. The molecule has 14 heavy (non-hydrogen) atoms. The summed E-state index contributed by atoms with van der Waals surface area (Å²) in [7, 11) is 0. The summed E-state index contributed by atoms with van der Waals surface area (Å²) in [5.41, 5.74) is 0. The van der Waals surface area contributed by atoms with Crippen molar-refractivity contribution >= 4 is 17.3 Å². The number of carboxylic acids is 1. The summed E-state index contributed by atoms with van der Waals surface area (Å²) in [5, 5.41) is 13.8. The molecule has 4 heteroatoms. The molecule has 0 aromatic carbocycles. The highest BCUT2D eigenvalue weighted by molar-refractivity contribution is 7.09. The first-order chi connectivity index (χ1) is 6.68. The Morgan fingerprint density at radius 1 is 1.71 bits per heavy atom. The fraction of sp³-hybridized carbons (Fsp3) is 0.500. The summed E-state index contributed by atoms with van der Waals surface area (Å²) in [6.45, 7) is 2.84. The summed E-state index contributed by atoms with van der Waals surface area (Å²) in [4.78, 5) is 11.6. The summed E-state index contributed by atoms with van der Waals surface area (Å²) >= 11 is 1.71. The molecule has 1 atom stereocenters. The van der Waals surface area contributed by atoms with Gasteiger partial charge in [0.05, 0.1) is 0 Å². The van der Waals surface area contributed by atoms with E-state index in [4.69, 9.17) is 5.11 Å². The van der Waals surface area contributed by atoms with Crippen LogP contribution >= 0.6 is 11.3 Å². The number of carbonyl (C=O) groups is 1. The van der Waals surface area contributed by atoms with E-state index in [1.165, 1.54) is 4.88 Å². The molecule has 0 fully saturated rings. The number of aliphatic carboxylic acids is 1. The van der Waals surface area contributed by atoms with Crippen molar-refractivity contribution in [1.82, 2.24) is 5.32 Å². The summed E-state index contributed by atoms with van der Waals surface area (Å²) in [6, 6.07) is 4.35. The zero-order valence-corrected chi connectivity index (χ0v) is 9.01. The highest BCUT2D eigenvalue weighted by Crippen LogP contribution is 2.08. The van der Waals surface area contributed by atoms with Crippen molar-refractivity contribution < 1.29 is 9.90 Å². The lowest BCUT2D eigenvalue weighted by atomic mass is 10.2. The summed E-state index contributed by atoms with van der Waals surface area (Å²) < 4.78 is 0. The average molecular weight is 213 g/mol. The lowest BCUT2D eigenvalue weighted by Crippen LogP contribution is -2.25. The third-order valence-corrected chi connectivity index (χ3v) is 2.87. The molecular formula is C10H15NO2S. The molecule has 0 radical (unpaired) electrons. The van der Waals surface area contributed by atoms with Crippen LogP contribution in [0.5, 0.6) is 0 Å². The third kappa shape index (κ3) is 4.39. The molecule has 1 aromatic rings. The van der Waals surface area contributed by atoms with Crippen LogP contribution in [-0.2, 0) is 11.3 Å². The van der Waals surface area contributed by atoms with Gasteiger partial charge < -0.3 is 10.4 Å². The molecule has 0 saturated carbocycles. The normalized spacial score (nSPS) is 12.6. The van der Waals surface area contributed by atoms with Crippen LogP contribution in [0, 0.1) is 0 Å². The number of thiophene rings is 1. The van der Waals surface area contributed by atoms with Gasteiger partial charge in [-0.15, -0.1) is 11.3 Å². The van der Waals surface area contributed by atoms with E-state index in [0.717, 1.165) is 6.54 Å². The number of hydrogen-bond acceptors (Lipinski definition) is 3. The van der Waals surface area contributed by atoms with E-state index in [0.29, 0.717) is 6.42 Å². The van der Waals surface area contributed by atoms with Gasteiger partial charge in [0, 0.05) is 23.9 Å². The number of rotatable bonds is 6. The smallest absolute Gasteiger partial charge is 0.303 e. The second-order valence-electron chi connectivity index (χ2n) is 3.29. The van der Waals surface area contributed by atoms with E-state index in [2.05, 4.69) is 11.4 Å². The lowest BCUT2D eigenvalue weighted by molar-refractivity contribution is -0.137. The van der Waals surface area contributed by atoms with Crippen LogP contribution in [0.3, 0.4) is 0 Å². The molecule has 2 N–H and O–H groups in total. The Hall–Kier alpha value is -0.870. The van der Waals surface area contributed by atoms with Crippen LogP contribution in [-0.4, -0.2) is 17.1 Å². The molecule has 0 aliphatic carbocycles. The maximum Gasteiger partial charge on any atom is 0.303 e. The standard InChI is InChI=1S/C10H15NO2S/c1-8(4-5-10(12)13)11-7-9-3-2-6-14-9/h2-3,6,8,11H,4-5,7H2,1H3,(H,12,13). The van der Waals surface area contributed by atoms with E-state index in [-0.39, 0.29) is 12.5 Å². The number of nitrogens with one attached hydrogen (secondary N) is 1.